The fourth-order valence-electron chi connectivity index (χ4n) is 1.32. The fraction of sp³-hybridized carbons (Fsp3) is 0.167. The summed E-state index contributed by atoms with van der Waals surface area (Å²) in [6.07, 6.45) is 0.303. The summed E-state index contributed by atoms with van der Waals surface area (Å²) >= 11 is 3.03. The molecule has 0 aliphatic heterocycles. The molecule has 0 fully saturated rings. The largest absolute Gasteiger partial charge is 0.393 e. The molecule has 0 N–H and O–H groups in total. The molecule has 0 aliphatic carbocycles. The van der Waals surface area contributed by atoms with E-state index in [1.165, 1.54) is 22.7 Å². The minimum Gasteiger partial charge on any atom is -0.393 e. The summed E-state index contributed by atoms with van der Waals surface area (Å²) < 4.78 is 4.73. The normalized spacial score (nSPS) is 10.1. The third-order valence-electron chi connectivity index (χ3n) is 2.08. The van der Waals surface area contributed by atoms with E-state index < -0.39 is 11.9 Å². The molecule has 0 saturated heterocycles. The highest BCUT2D eigenvalue weighted by molar-refractivity contribution is 7.08. The van der Waals surface area contributed by atoms with Crippen LogP contribution in [0.2, 0.25) is 0 Å². The van der Waals surface area contributed by atoms with Gasteiger partial charge in [0.05, 0.1) is 12.8 Å². The van der Waals surface area contributed by atoms with Crippen molar-refractivity contribution in [2.45, 2.75) is 12.8 Å². The van der Waals surface area contributed by atoms with E-state index >= 15 is 0 Å². The number of carbonyl (C=O) groups excluding carboxylic acids is 2. The van der Waals surface area contributed by atoms with E-state index in [4.69, 9.17) is 4.74 Å². The van der Waals surface area contributed by atoms with Crippen molar-refractivity contribution in [1.82, 2.24) is 0 Å². The summed E-state index contributed by atoms with van der Waals surface area (Å²) in [6, 6.07) is 3.69. The van der Waals surface area contributed by atoms with Gasteiger partial charge >= 0.3 is 11.9 Å². The van der Waals surface area contributed by atoms with Gasteiger partial charge in [-0.15, -0.1) is 0 Å². The molecule has 0 aliphatic rings. The zero-order valence-corrected chi connectivity index (χ0v) is 10.6. The Labute approximate surface area is 107 Å². The predicted octanol–water partition coefficient (Wildman–Crippen LogP) is 2.66. The van der Waals surface area contributed by atoms with Crippen LogP contribution in [0.15, 0.2) is 33.7 Å². The summed E-state index contributed by atoms with van der Waals surface area (Å²) in [4.78, 5) is 22.8. The maximum absolute atomic E-state index is 11.4. The van der Waals surface area contributed by atoms with E-state index in [0.717, 1.165) is 11.1 Å². The maximum atomic E-state index is 11.4. The minimum absolute atomic E-state index is 0.152. The number of rotatable bonds is 4. The second-order valence-electron chi connectivity index (χ2n) is 3.46. The van der Waals surface area contributed by atoms with Crippen molar-refractivity contribution in [2.24, 2.45) is 0 Å². The molecule has 88 valence electrons. The van der Waals surface area contributed by atoms with Crippen molar-refractivity contribution < 1.29 is 14.3 Å². The van der Waals surface area contributed by atoms with Gasteiger partial charge in [0.2, 0.25) is 0 Å². The second kappa shape index (κ2) is 5.75. The van der Waals surface area contributed by atoms with Gasteiger partial charge in [0.25, 0.3) is 0 Å². The van der Waals surface area contributed by atoms with Gasteiger partial charge in [0.15, 0.2) is 0 Å². The first-order chi connectivity index (χ1) is 8.24. The highest BCUT2D eigenvalue weighted by Gasteiger charge is 2.12. The van der Waals surface area contributed by atoms with Crippen LogP contribution in [0.5, 0.6) is 0 Å². The first-order valence-corrected chi connectivity index (χ1v) is 6.88. The first-order valence-electron chi connectivity index (χ1n) is 4.99. The Morgan fingerprint density at radius 1 is 0.941 bits per heavy atom. The average Bonchev–Trinajstić information content (AvgIpc) is 2.90. The van der Waals surface area contributed by atoms with Gasteiger partial charge in [0, 0.05) is 0 Å². The van der Waals surface area contributed by atoms with Crippen molar-refractivity contribution in [3.63, 3.8) is 0 Å². The summed E-state index contributed by atoms with van der Waals surface area (Å²) in [6.45, 7) is 0. The highest BCUT2D eigenvalue weighted by atomic mass is 32.1. The Bertz CT molecular complexity index is 440. The second-order valence-corrected chi connectivity index (χ2v) is 5.02. The number of hydrogen-bond acceptors (Lipinski definition) is 5. The molecule has 0 atom stereocenters. The molecule has 2 rings (SSSR count). The topological polar surface area (TPSA) is 43.4 Å². The molecule has 2 heterocycles. The number of hydrogen-bond donors (Lipinski definition) is 0. The predicted molar refractivity (Wildman–Crippen MR) is 67.1 cm³/mol. The highest BCUT2D eigenvalue weighted by Crippen LogP contribution is 2.09. The molecule has 2 aromatic rings. The zero-order chi connectivity index (χ0) is 12.1. The summed E-state index contributed by atoms with van der Waals surface area (Å²) in [5.41, 5.74) is 1.76. The average molecular weight is 266 g/mol. The number of esters is 2. The number of ether oxygens (including phenoxy) is 1. The van der Waals surface area contributed by atoms with Crippen LogP contribution in [0.25, 0.3) is 0 Å². The van der Waals surface area contributed by atoms with Crippen molar-refractivity contribution in [1.29, 1.82) is 0 Å². The molecule has 0 radical (unpaired) electrons. The number of thiophene rings is 2. The SMILES string of the molecule is O=C(Cc1ccsc1)OC(=O)Cc1ccsc1. The van der Waals surface area contributed by atoms with E-state index in [1.807, 2.05) is 33.7 Å². The van der Waals surface area contributed by atoms with E-state index in [1.54, 1.807) is 0 Å². The smallest absolute Gasteiger partial charge is 0.317 e. The van der Waals surface area contributed by atoms with Crippen LogP contribution in [0, 0.1) is 0 Å². The van der Waals surface area contributed by atoms with E-state index in [2.05, 4.69) is 0 Å². The molecular weight excluding hydrogens is 256 g/mol. The van der Waals surface area contributed by atoms with Crippen LogP contribution in [0.3, 0.4) is 0 Å². The van der Waals surface area contributed by atoms with E-state index in [-0.39, 0.29) is 12.8 Å². The molecule has 0 bridgehead atoms. The molecule has 0 amide bonds. The quantitative estimate of drug-likeness (QED) is 0.631. The van der Waals surface area contributed by atoms with Gasteiger partial charge in [-0.25, -0.2) is 0 Å². The van der Waals surface area contributed by atoms with Crippen LogP contribution in [0.4, 0.5) is 0 Å². The first kappa shape index (κ1) is 12.0. The van der Waals surface area contributed by atoms with Crippen LogP contribution >= 0.6 is 22.7 Å². The molecule has 2 aromatic heterocycles. The standard InChI is InChI=1S/C12H10O3S2/c13-11(5-9-1-3-16-7-9)15-12(14)6-10-2-4-17-8-10/h1-4,7-8H,5-6H2. The Morgan fingerprint density at radius 3 is 1.76 bits per heavy atom. The minimum atomic E-state index is -0.497. The summed E-state index contributed by atoms with van der Waals surface area (Å²) in [7, 11) is 0. The lowest BCUT2D eigenvalue weighted by molar-refractivity contribution is -0.158. The molecule has 0 aromatic carbocycles. The molecule has 17 heavy (non-hydrogen) atoms. The van der Waals surface area contributed by atoms with Crippen molar-refractivity contribution >= 4 is 34.6 Å². The van der Waals surface area contributed by atoms with Crippen LogP contribution in [0.1, 0.15) is 11.1 Å². The Balaban J connectivity index is 1.80. The van der Waals surface area contributed by atoms with Gasteiger partial charge in [0.1, 0.15) is 0 Å². The fourth-order valence-corrected chi connectivity index (χ4v) is 2.66. The third-order valence-corrected chi connectivity index (χ3v) is 3.55. The van der Waals surface area contributed by atoms with Crippen molar-refractivity contribution in [2.75, 3.05) is 0 Å². The van der Waals surface area contributed by atoms with Crippen LogP contribution in [-0.2, 0) is 27.2 Å². The van der Waals surface area contributed by atoms with Crippen LogP contribution < -0.4 is 0 Å². The van der Waals surface area contributed by atoms with Gasteiger partial charge in [-0.3, -0.25) is 9.59 Å². The van der Waals surface area contributed by atoms with Crippen LogP contribution in [-0.4, -0.2) is 11.9 Å². The monoisotopic (exact) mass is 266 g/mol. The zero-order valence-electron chi connectivity index (χ0n) is 8.92. The summed E-state index contributed by atoms with van der Waals surface area (Å²) in [5, 5.41) is 7.50. The molecule has 0 unspecified atom stereocenters. The van der Waals surface area contributed by atoms with Gasteiger partial charge in [-0.2, -0.15) is 22.7 Å². The van der Waals surface area contributed by atoms with Gasteiger partial charge in [-0.05, 0) is 44.8 Å². The Kier molecular flexibility index (Phi) is 4.06. The van der Waals surface area contributed by atoms with E-state index in [0.29, 0.717) is 0 Å². The van der Waals surface area contributed by atoms with Crippen molar-refractivity contribution in [3.05, 3.63) is 44.8 Å². The molecule has 0 saturated carbocycles. The third kappa shape index (κ3) is 3.80. The molecular formula is C12H10O3S2. The summed E-state index contributed by atoms with van der Waals surface area (Å²) in [5.74, 6) is -0.993. The lowest BCUT2D eigenvalue weighted by Crippen LogP contribution is -2.15. The van der Waals surface area contributed by atoms with Gasteiger partial charge < -0.3 is 4.74 Å². The molecule has 3 nitrogen and oxygen atoms in total. The number of carbonyl (C=O) groups is 2. The lowest BCUT2D eigenvalue weighted by Gasteiger charge is -2.00. The molecule has 5 heteroatoms. The Hall–Kier alpha value is -1.46. The van der Waals surface area contributed by atoms with Gasteiger partial charge in [-0.1, -0.05) is 0 Å². The molecule has 0 spiro atoms. The maximum Gasteiger partial charge on any atom is 0.317 e. The Morgan fingerprint density at radius 2 is 1.41 bits per heavy atom. The van der Waals surface area contributed by atoms with Crippen molar-refractivity contribution in [3.8, 4) is 0 Å². The van der Waals surface area contributed by atoms with E-state index in [9.17, 15) is 9.59 Å². The lowest BCUT2D eigenvalue weighted by atomic mass is 10.2.